The van der Waals surface area contributed by atoms with E-state index in [1.165, 1.54) is 4.57 Å². The molecular weight excluding hydrogens is 176 g/mol. The van der Waals surface area contributed by atoms with Gasteiger partial charge in [0.15, 0.2) is 0 Å². The van der Waals surface area contributed by atoms with Gasteiger partial charge < -0.3 is 0 Å². The Bertz CT molecular complexity index is 528. The van der Waals surface area contributed by atoms with E-state index < -0.39 is 0 Å². The number of allylic oxidation sites excluding steroid dienone is 1. The monoisotopic (exact) mass is 186 g/mol. The summed E-state index contributed by atoms with van der Waals surface area (Å²) in [5.41, 5.74) is 0.716. The van der Waals surface area contributed by atoms with Crippen molar-refractivity contribution in [3.05, 3.63) is 53.6 Å². The molecule has 3 nitrogen and oxygen atoms in total. The van der Waals surface area contributed by atoms with Crippen molar-refractivity contribution >= 4 is 10.9 Å². The molecule has 3 heteroatoms. The molecule has 2 aromatic rings. The Morgan fingerprint density at radius 1 is 1.43 bits per heavy atom. The predicted octanol–water partition coefficient (Wildman–Crippen LogP) is 1.58. The molecule has 0 amide bonds. The van der Waals surface area contributed by atoms with E-state index in [1.54, 1.807) is 18.5 Å². The van der Waals surface area contributed by atoms with Crippen LogP contribution in [0.25, 0.3) is 10.9 Å². The van der Waals surface area contributed by atoms with Crippen LogP contribution in [0.4, 0.5) is 0 Å². The first-order valence-corrected chi connectivity index (χ1v) is 4.38. The SMILES string of the molecule is C=CCn1cnc2ccccc2c1=O. The molecule has 0 saturated carbocycles. The summed E-state index contributed by atoms with van der Waals surface area (Å²) in [7, 11) is 0. The fourth-order valence-electron chi connectivity index (χ4n) is 1.38. The zero-order chi connectivity index (χ0) is 9.97. The molecule has 0 saturated heterocycles. The largest absolute Gasteiger partial charge is 0.295 e. The lowest BCUT2D eigenvalue weighted by Gasteiger charge is -2.02. The van der Waals surface area contributed by atoms with Crippen molar-refractivity contribution < 1.29 is 0 Å². The summed E-state index contributed by atoms with van der Waals surface area (Å²) >= 11 is 0. The fourth-order valence-corrected chi connectivity index (χ4v) is 1.38. The van der Waals surface area contributed by atoms with Crippen LogP contribution >= 0.6 is 0 Å². The summed E-state index contributed by atoms with van der Waals surface area (Å²) in [6.45, 7) is 4.09. The minimum atomic E-state index is -0.0181. The first-order chi connectivity index (χ1) is 6.83. The van der Waals surface area contributed by atoms with Gasteiger partial charge in [-0.3, -0.25) is 9.36 Å². The Kier molecular flexibility index (Phi) is 2.14. The zero-order valence-electron chi connectivity index (χ0n) is 7.68. The second-order valence-electron chi connectivity index (χ2n) is 3.01. The topological polar surface area (TPSA) is 34.9 Å². The van der Waals surface area contributed by atoms with Gasteiger partial charge in [0.2, 0.25) is 0 Å². The Balaban J connectivity index is 2.75. The molecule has 1 aromatic heterocycles. The number of para-hydroxylation sites is 1. The Hall–Kier alpha value is -1.90. The molecule has 0 spiro atoms. The van der Waals surface area contributed by atoms with Crippen molar-refractivity contribution in [2.45, 2.75) is 6.54 Å². The summed E-state index contributed by atoms with van der Waals surface area (Å²) in [6.07, 6.45) is 3.23. The number of nitrogens with zero attached hydrogens (tertiary/aromatic N) is 2. The summed E-state index contributed by atoms with van der Waals surface area (Å²) < 4.78 is 1.54. The third-order valence-electron chi connectivity index (χ3n) is 2.06. The van der Waals surface area contributed by atoms with Crippen LogP contribution in [-0.2, 0) is 6.54 Å². The molecule has 14 heavy (non-hydrogen) atoms. The highest BCUT2D eigenvalue weighted by atomic mass is 16.1. The standard InChI is InChI=1S/C11H10N2O/c1-2-7-13-8-12-10-6-4-3-5-9(10)11(13)14/h2-6,8H,1,7H2. The lowest BCUT2D eigenvalue weighted by Crippen LogP contribution is -2.19. The molecule has 0 fully saturated rings. The smallest absolute Gasteiger partial charge is 0.261 e. The predicted molar refractivity (Wildman–Crippen MR) is 56.2 cm³/mol. The van der Waals surface area contributed by atoms with Crippen LogP contribution in [0.2, 0.25) is 0 Å². The Morgan fingerprint density at radius 3 is 3.00 bits per heavy atom. The maximum Gasteiger partial charge on any atom is 0.261 e. The van der Waals surface area contributed by atoms with E-state index in [4.69, 9.17) is 0 Å². The van der Waals surface area contributed by atoms with Crippen LogP contribution in [0.1, 0.15) is 0 Å². The first-order valence-electron chi connectivity index (χ1n) is 4.38. The average Bonchev–Trinajstić information content (AvgIpc) is 2.23. The first kappa shape index (κ1) is 8.69. The van der Waals surface area contributed by atoms with E-state index in [2.05, 4.69) is 11.6 Å². The van der Waals surface area contributed by atoms with Gasteiger partial charge in [-0.15, -0.1) is 6.58 Å². The van der Waals surface area contributed by atoms with E-state index in [0.29, 0.717) is 11.9 Å². The molecule has 1 heterocycles. The maximum atomic E-state index is 11.8. The summed E-state index contributed by atoms with van der Waals surface area (Å²) in [5, 5.41) is 0.650. The van der Waals surface area contributed by atoms with Crippen LogP contribution in [0.5, 0.6) is 0 Å². The summed E-state index contributed by atoms with van der Waals surface area (Å²) in [5.74, 6) is 0. The minimum Gasteiger partial charge on any atom is -0.295 e. The van der Waals surface area contributed by atoms with E-state index in [-0.39, 0.29) is 5.56 Å². The highest BCUT2D eigenvalue weighted by Gasteiger charge is 2.00. The van der Waals surface area contributed by atoms with Gasteiger partial charge in [0, 0.05) is 6.54 Å². The average molecular weight is 186 g/mol. The van der Waals surface area contributed by atoms with Gasteiger partial charge >= 0.3 is 0 Å². The molecule has 0 aliphatic rings. The molecule has 0 aliphatic carbocycles. The third-order valence-corrected chi connectivity index (χ3v) is 2.06. The second-order valence-corrected chi connectivity index (χ2v) is 3.01. The second kappa shape index (κ2) is 3.46. The Labute approximate surface area is 81.3 Å². The highest BCUT2D eigenvalue weighted by Crippen LogP contribution is 2.04. The molecule has 1 aromatic carbocycles. The fraction of sp³-hybridized carbons (Fsp3) is 0.0909. The number of aromatic nitrogens is 2. The van der Waals surface area contributed by atoms with Gasteiger partial charge in [-0.25, -0.2) is 4.98 Å². The molecule has 2 rings (SSSR count). The molecule has 0 aliphatic heterocycles. The van der Waals surface area contributed by atoms with Crippen molar-refractivity contribution in [2.24, 2.45) is 0 Å². The number of hydrogen-bond acceptors (Lipinski definition) is 2. The van der Waals surface area contributed by atoms with Crippen molar-refractivity contribution in [1.29, 1.82) is 0 Å². The molecule has 0 N–H and O–H groups in total. The number of benzene rings is 1. The molecule has 0 atom stereocenters. The van der Waals surface area contributed by atoms with Gasteiger partial charge in [-0.05, 0) is 12.1 Å². The third kappa shape index (κ3) is 1.33. The molecule has 0 bridgehead atoms. The van der Waals surface area contributed by atoms with Crippen LogP contribution < -0.4 is 5.56 Å². The maximum absolute atomic E-state index is 11.8. The Morgan fingerprint density at radius 2 is 2.21 bits per heavy atom. The van der Waals surface area contributed by atoms with E-state index in [1.807, 2.05) is 18.2 Å². The van der Waals surface area contributed by atoms with Crippen molar-refractivity contribution in [3.8, 4) is 0 Å². The highest BCUT2D eigenvalue weighted by molar-refractivity contribution is 5.76. The van der Waals surface area contributed by atoms with Crippen molar-refractivity contribution in [3.63, 3.8) is 0 Å². The molecule has 0 unspecified atom stereocenters. The van der Waals surface area contributed by atoms with Crippen LogP contribution in [0, 0.1) is 0 Å². The zero-order valence-corrected chi connectivity index (χ0v) is 7.68. The lowest BCUT2D eigenvalue weighted by molar-refractivity contribution is 0.768. The molecule has 0 radical (unpaired) electrons. The van der Waals surface area contributed by atoms with Crippen LogP contribution in [0.15, 0.2) is 48.0 Å². The van der Waals surface area contributed by atoms with Crippen molar-refractivity contribution in [1.82, 2.24) is 9.55 Å². The van der Waals surface area contributed by atoms with Crippen LogP contribution in [0.3, 0.4) is 0 Å². The van der Waals surface area contributed by atoms with Crippen molar-refractivity contribution in [2.75, 3.05) is 0 Å². The number of hydrogen-bond donors (Lipinski definition) is 0. The van der Waals surface area contributed by atoms with E-state index in [9.17, 15) is 4.79 Å². The van der Waals surface area contributed by atoms with Gasteiger partial charge in [-0.1, -0.05) is 18.2 Å². The van der Waals surface area contributed by atoms with Gasteiger partial charge in [0.25, 0.3) is 5.56 Å². The molecular formula is C11H10N2O. The van der Waals surface area contributed by atoms with Gasteiger partial charge in [0.05, 0.1) is 17.2 Å². The molecule has 70 valence electrons. The normalized spacial score (nSPS) is 10.3. The van der Waals surface area contributed by atoms with Crippen LogP contribution in [-0.4, -0.2) is 9.55 Å². The van der Waals surface area contributed by atoms with E-state index in [0.717, 1.165) is 5.52 Å². The van der Waals surface area contributed by atoms with Gasteiger partial charge in [-0.2, -0.15) is 0 Å². The number of rotatable bonds is 2. The number of fused-ring (bicyclic) bond motifs is 1. The van der Waals surface area contributed by atoms with E-state index >= 15 is 0 Å². The minimum absolute atomic E-state index is 0.0181. The summed E-state index contributed by atoms with van der Waals surface area (Å²) in [4.78, 5) is 16.0. The lowest BCUT2D eigenvalue weighted by atomic mass is 10.2. The van der Waals surface area contributed by atoms with Gasteiger partial charge in [0.1, 0.15) is 0 Å². The summed E-state index contributed by atoms with van der Waals surface area (Å²) in [6, 6.07) is 7.31. The quantitative estimate of drug-likeness (QED) is 0.667.